The molecule has 0 N–H and O–H groups in total. The lowest BCUT2D eigenvalue weighted by Crippen LogP contribution is -2.01. The van der Waals surface area contributed by atoms with Crippen LogP contribution in [0.2, 0.25) is 0 Å². The van der Waals surface area contributed by atoms with E-state index in [9.17, 15) is 0 Å². The van der Waals surface area contributed by atoms with Crippen molar-refractivity contribution in [2.24, 2.45) is 0 Å². The average Bonchev–Trinajstić information content (AvgIpc) is 3.32. The molecule has 0 saturated heterocycles. The quantitative estimate of drug-likeness (QED) is 0.260. The molecule has 0 aliphatic heterocycles. The van der Waals surface area contributed by atoms with Gasteiger partial charge >= 0.3 is 0 Å². The molecule has 4 aromatic carbocycles. The summed E-state index contributed by atoms with van der Waals surface area (Å²) in [5, 5.41) is 2.43. The predicted octanol–water partition coefficient (Wildman–Crippen LogP) is 7.97. The van der Waals surface area contributed by atoms with Gasteiger partial charge in [-0.05, 0) is 30.3 Å². The molecule has 3 heterocycles. The van der Waals surface area contributed by atoms with Gasteiger partial charge in [0.15, 0.2) is 5.82 Å². The standard InChI is InChI=1S/C33H22N4/c1-3-12-23(13-4-1)28-22-29(36-33(35-28)24-14-5-2-6-15-24)27-18-11-21-32(34-27)37-30-19-9-7-16-25(30)26-17-8-10-20-31(26)37/h1-22H. The van der Waals surface area contributed by atoms with Gasteiger partial charge in [0.05, 0.1) is 28.1 Å². The fraction of sp³-hybridized carbons (Fsp3) is 0. The maximum atomic E-state index is 5.13. The SMILES string of the molecule is c1ccc(-c2cc(-c3cccc(-n4c5ccccc5c5ccccc54)n3)nc(-c3ccccc3)n2)cc1. The number of hydrogen-bond acceptors (Lipinski definition) is 3. The number of aromatic nitrogens is 4. The Morgan fingerprint density at radius 2 is 0.973 bits per heavy atom. The Morgan fingerprint density at radius 1 is 0.405 bits per heavy atom. The van der Waals surface area contributed by atoms with Crippen LogP contribution in [0.15, 0.2) is 133 Å². The summed E-state index contributed by atoms with van der Waals surface area (Å²) in [6.07, 6.45) is 0. The third kappa shape index (κ3) is 3.76. The summed E-state index contributed by atoms with van der Waals surface area (Å²) in [7, 11) is 0. The molecule has 0 spiro atoms. The molecule has 0 bridgehead atoms. The first-order valence-corrected chi connectivity index (χ1v) is 12.3. The van der Waals surface area contributed by atoms with Crippen LogP contribution in [-0.2, 0) is 0 Å². The van der Waals surface area contributed by atoms with Gasteiger partial charge in [0.2, 0.25) is 0 Å². The highest BCUT2D eigenvalue weighted by Crippen LogP contribution is 2.32. The summed E-state index contributed by atoms with van der Waals surface area (Å²) in [5.74, 6) is 1.54. The fourth-order valence-corrected chi connectivity index (χ4v) is 4.91. The summed E-state index contributed by atoms with van der Waals surface area (Å²) in [5.41, 5.74) is 6.74. The summed E-state index contributed by atoms with van der Waals surface area (Å²) >= 11 is 0. The minimum atomic E-state index is 0.681. The Morgan fingerprint density at radius 3 is 1.65 bits per heavy atom. The highest BCUT2D eigenvalue weighted by Gasteiger charge is 2.15. The van der Waals surface area contributed by atoms with Crippen molar-refractivity contribution >= 4 is 21.8 Å². The molecule has 0 atom stereocenters. The Balaban J connectivity index is 1.44. The molecule has 7 rings (SSSR count). The molecular weight excluding hydrogens is 452 g/mol. The van der Waals surface area contributed by atoms with Crippen LogP contribution < -0.4 is 0 Å². The molecule has 0 amide bonds. The second-order valence-corrected chi connectivity index (χ2v) is 8.94. The first-order chi connectivity index (χ1) is 18.3. The number of hydrogen-bond donors (Lipinski definition) is 0. The van der Waals surface area contributed by atoms with Crippen LogP contribution >= 0.6 is 0 Å². The molecule has 0 saturated carbocycles. The zero-order valence-corrected chi connectivity index (χ0v) is 20.0. The summed E-state index contributed by atoms with van der Waals surface area (Å²) in [6.45, 7) is 0. The second kappa shape index (κ2) is 8.85. The van der Waals surface area contributed by atoms with Gasteiger partial charge in [0, 0.05) is 21.9 Å². The van der Waals surface area contributed by atoms with Crippen molar-refractivity contribution in [2.45, 2.75) is 0 Å². The highest BCUT2D eigenvalue weighted by atomic mass is 15.1. The molecule has 174 valence electrons. The fourth-order valence-electron chi connectivity index (χ4n) is 4.91. The number of fused-ring (bicyclic) bond motifs is 3. The van der Waals surface area contributed by atoms with E-state index in [2.05, 4.69) is 71.3 Å². The molecule has 0 unspecified atom stereocenters. The van der Waals surface area contributed by atoms with Gasteiger partial charge in [-0.3, -0.25) is 4.57 Å². The third-order valence-electron chi connectivity index (χ3n) is 6.63. The van der Waals surface area contributed by atoms with Crippen LogP contribution in [0.5, 0.6) is 0 Å². The molecule has 0 aliphatic rings. The van der Waals surface area contributed by atoms with Crippen LogP contribution in [0.25, 0.3) is 61.7 Å². The zero-order chi connectivity index (χ0) is 24.6. The molecule has 3 aromatic heterocycles. The lowest BCUT2D eigenvalue weighted by atomic mass is 10.1. The van der Waals surface area contributed by atoms with Crippen molar-refractivity contribution in [3.8, 4) is 39.9 Å². The van der Waals surface area contributed by atoms with E-state index in [0.29, 0.717) is 5.82 Å². The molecule has 7 aromatic rings. The number of pyridine rings is 1. The molecule has 0 aliphatic carbocycles. The molecule has 37 heavy (non-hydrogen) atoms. The number of nitrogens with zero attached hydrogens (tertiary/aromatic N) is 4. The van der Waals surface area contributed by atoms with E-state index in [1.165, 1.54) is 10.8 Å². The first kappa shape index (κ1) is 21.2. The predicted molar refractivity (Wildman–Crippen MR) is 150 cm³/mol. The largest absolute Gasteiger partial charge is 0.294 e. The van der Waals surface area contributed by atoms with Gasteiger partial charge in [-0.15, -0.1) is 0 Å². The van der Waals surface area contributed by atoms with Crippen LogP contribution in [0, 0.1) is 0 Å². The highest BCUT2D eigenvalue weighted by molar-refractivity contribution is 6.09. The van der Waals surface area contributed by atoms with E-state index in [1.807, 2.05) is 66.7 Å². The van der Waals surface area contributed by atoms with Crippen molar-refractivity contribution in [1.82, 2.24) is 19.5 Å². The molecule has 4 nitrogen and oxygen atoms in total. The Labute approximate surface area is 214 Å². The van der Waals surface area contributed by atoms with Gasteiger partial charge < -0.3 is 0 Å². The summed E-state index contributed by atoms with van der Waals surface area (Å²) in [6, 6.07) is 45.4. The number of para-hydroxylation sites is 2. The summed E-state index contributed by atoms with van der Waals surface area (Å²) in [4.78, 5) is 15.0. The smallest absolute Gasteiger partial charge is 0.160 e. The first-order valence-electron chi connectivity index (χ1n) is 12.3. The van der Waals surface area contributed by atoms with E-state index in [1.54, 1.807) is 0 Å². The Hall–Kier alpha value is -5.09. The number of rotatable bonds is 4. The normalized spacial score (nSPS) is 11.2. The van der Waals surface area contributed by atoms with E-state index in [4.69, 9.17) is 15.0 Å². The van der Waals surface area contributed by atoms with E-state index in [-0.39, 0.29) is 0 Å². The van der Waals surface area contributed by atoms with E-state index >= 15 is 0 Å². The van der Waals surface area contributed by atoms with E-state index < -0.39 is 0 Å². The van der Waals surface area contributed by atoms with Gasteiger partial charge in [0.25, 0.3) is 0 Å². The van der Waals surface area contributed by atoms with Crippen molar-refractivity contribution in [1.29, 1.82) is 0 Å². The maximum Gasteiger partial charge on any atom is 0.160 e. The number of benzene rings is 4. The van der Waals surface area contributed by atoms with Gasteiger partial charge in [-0.25, -0.2) is 15.0 Å². The molecular formula is C33H22N4. The Kier molecular flexibility index (Phi) is 5.07. The monoisotopic (exact) mass is 474 g/mol. The van der Waals surface area contributed by atoms with Crippen LogP contribution in [-0.4, -0.2) is 19.5 Å². The van der Waals surface area contributed by atoms with E-state index in [0.717, 1.165) is 45.1 Å². The van der Waals surface area contributed by atoms with Gasteiger partial charge in [-0.1, -0.05) is 103 Å². The molecule has 0 radical (unpaired) electrons. The lowest BCUT2D eigenvalue weighted by Gasteiger charge is -2.11. The van der Waals surface area contributed by atoms with Gasteiger partial charge in [-0.2, -0.15) is 0 Å². The molecule has 0 fully saturated rings. The zero-order valence-electron chi connectivity index (χ0n) is 20.0. The Bertz CT molecular complexity index is 1760. The van der Waals surface area contributed by atoms with Crippen LogP contribution in [0.4, 0.5) is 0 Å². The molecule has 4 heteroatoms. The van der Waals surface area contributed by atoms with Crippen molar-refractivity contribution in [3.63, 3.8) is 0 Å². The van der Waals surface area contributed by atoms with Crippen LogP contribution in [0.1, 0.15) is 0 Å². The summed E-state index contributed by atoms with van der Waals surface area (Å²) < 4.78 is 2.23. The van der Waals surface area contributed by atoms with Crippen molar-refractivity contribution in [2.75, 3.05) is 0 Å². The average molecular weight is 475 g/mol. The lowest BCUT2D eigenvalue weighted by molar-refractivity contribution is 1.07. The van der Waals surface area contributed by atoms with Crippen molar-refractivity contribution < 1.29 is 0 Å². The maximum absolute atomic E-state index is 5.13. The minimum absolute atomic E-state index is 0.681. The van der Waals surface area contributed by atoms with Gasteiger partial charge in [0.1, 0.15) is 5.82 Å². The van der Waals surface area contributed by atoms with Crippen LogP contribution in [0.3, 0.4) is 0 Å². The second-order valence-electron chi connectivity index (χ2n) is 8.94. The minimum Gasteiger partial charge on any atom is -0.294 e. The van der Waals surface area contributed by atoms with Crippen molar-refractivity contribution in [3.05, 3.63) is 133 Å². The topological polar surface area (TPSA) is 43.6 Å². The third-order valence-corrected chi connectivity index (χ3v) is 6.63.